The van der Waals surface area contributed by atoms with Crippen LogP contribution in [0.5, 0.6) is 11.6 Å². The van der Waals surface area contributed by atoms with E-state index in [4.69, 9.17) is 15.2 Å². The number of ketones is 1. The topological polar surface area (TPSA) is 100 Å². The Balaban J connectivity index is 1.85. The van der Waals surface area contributed by atoms with Crippen molar-refractivity contribution < 1.29 is 14.3 Å². The summed E-state index contributed by atoms with van der Waals surface area (Å²) in [5.74, 6) is 1.40. The summed E-state index contributed by atoms with van der Waals surface area (Å²) in [5, 5.41) is 0. The van der Waals surface area contributed by atoms with E-state index >= 15 is 0 Å². The maximum absolute atomic E-state index is 12.9. The van der Waals surface area contributed by atoms with Crippen LogP contribution in [0.3, 0.4) is 0 Å². The van der Waals surface area contributed by atoms with E-state index in [1.54, 1.807) is 27.3 Å². The van der Waals surface area contributed by atoms with Gasteiger partial charge in [0, 0.05) is 18.2 Å². The number of pyridine rings is 1. The number of carbonyl (C=O) groups is 1. The molecule has 7 heteroatoms. The SMILES string of the molecule is COc1ccc(-c2cccnc2OC)c(C2CC(=O)c3c(C)nc(N)nc3C2)c1. The molecule has 2 aromatic heterocycles. The Bertz CT molecular complexity index is 1100. The highest BCUT2D eigenvalue weighted by molar-refractivity contribution is 6.00. The zero-order valence-electron chi connectivity index (χ0n) is 16.6. The van der Waals surface area contributed by atoms with Gasteiger partial charge in [0.1, 0.15) is 5.75 Å². The number of benzene rings is 1. The number of hydrogen-bond donors (Lipinski definition) is 1. The van der Waals surface area contributed by atoms with Crippen LogP contribution in [-0.4, -0.2) is 35.0 Å². The number of rotatable bonds is 4. The molecule has 3 aromatic rings. The van der Waals surface area contributed by atoms with Gasteiger partial charge in [-0.2, -0.15) is 0 Å². The summed E-state index contributed by atoms with van der Waals surface area (Å²) in [6.07, 6.45) is 2.65. The van der Waals surface area contributed by atoms with E-state index in [9.17, 15) is 4.79 Å². The van der Waals surface area contributed by atoms with E-state index in [1.165, 1.54) is 0 Å². The lowest BCUT2D eigenvalue weighted by Gasteiger charge is -2.26. The van der Waals surface area contributed by atoms with Gasteiger partial charge in [-0.25, -0.2) is 15.0 Å². The number of anilines is 1. The molecule has 0 saturated heterocycles. The number of nitrogen functional groups attached to an aromatic ring is 1. The summed E-state index contributed by atoms with van der Waals surface area (Å²) in [7, 11) is 3.22. The molecule has 29 heavy (non-hydrogen) atoms. The number of methoxy groups -OCH3 is 2. The van der Waals surface area contributed by atoms with Crippen molar-refractivity contribution in [1.29, 1.82) is 0 Å². The van der Waals surface area contributed by atoms with Crippen molar-refractivity contribution in [2.75, 3.05) is 20.0 Å². The number of aromatic nitrogens is 3. The molecule has 7 nitrogen and oxygen atoms in total. The minimum absolute atomic E-state index is 0.0284. The lowest BCUT2D eigenvalue weighted by Crippen LogP contribution is -2.23. The average molecular weight is 390 g/mol. The van der Waals surface area contributed by atoms with Gasteiger partial charge in [0.05, 0.1) is 31.2 Å². The van der Waals surface area contributed by atoms with Gasteiger partial charge < -0.3 is 15.2 Å². The van der Waals surface area contributed by atoms with Gasteiger partial charge in [0.15, 0.2) is 5.78 Å². The fraction of sp³-hybridized carbons (Fsp3) is 0.273. The highest BCUT2D eigenvalue weighted by Crippen LogP contribution is 2.41. The third kappa shape index (κ3) is 3.40. The van der Waals surface area contributed by atoms with E-state index < -0.39 is 0 Å². The van der Waals surface area contributed by atoms with Crippen molar-refractivity contribution in [2.45, 2.75) is 25.7 Å². The molecule has 2 heterocycles. The molecule has 0 aliphatic heterocycles. The number of carbonyl (C=O) groups excluding carboxylic acids is 1. The van der Waals surface area contributed by atoms with Crippen LogP contribution < -0.4 is 15.2 Å². The molecule has 1 atom stereocenters. The van der Waals surface area contributed by atoms with Gasteiger partial charge in [-0.3, -0.25) is 4.79 Å². The molecule has 2 N–H and O–H groups in total. The molecule has 0 fully saturated rings. The minimum Gasteiger partial charge on any atom is -0.497 e. The normalized spacial score (nSPS) is 15.7. The largest absolute Gasteiger partial charge is 0.497 e. The Morgan fingerprint density at radius 2 is 1.90 bits per heavy atom. The Hall–Kier alpha value is -3.48. The van der Waals surface area contributed by atoms with Crippen LogP contribution in [0.1, 0.15) is 39.6 Å². The van der Waals surface area contributed by atoms with Gasteiger partial charge in [-0.05, 0) is 54.7 Å². The molecule has 0 radical (unpaired) electrons. The van der Waals surface area contributed by atoms with Crippen molar-refractivity contribution in [3.63, 3.8) is 0 Å². The minimum atomic E-state index is -0.0706. The van der Waals surface area contributed by atoms with E-state index in [2.05, 4.69) is 15.0 Å². The van der Waals surface area contributed by atoms with Crippen molar-refractivity contribution in [3.05, 3.63) is 59.0 Å². The predicted molar refractivity (Wildman–Crippen MR) is 109 cm³/mol. The first-order valence-corrected chi connectivity index (χ1v) is 9.35. The smallest absolute Gasteiger partial charge is 0.221 e. The Morgan fingerprint density at radius 3 is 2.66 bits per heavy atom. The van der Waals surface area contributed by atoms with Gasteiger partial charge in [-0.1, -0.05) is 6.07 Å². The second-order valence-corrected chi connectivity index (χ2v) is 7.03. The summed E-state index contributed by atoms with van der Waals surface area (Å²) in [4.78, 5) is 25.8. The number of nitrogens with two attached hydrogens (primary N) is 1. The molecular weight excluding hydrogens is 368 g/mol. The predicted octanol–water partition coefficient (Wildman–Crippen LogP) is 3.36. The number of aryl methyl sites for hydroxylation is 1. The second kappa shape index (κ2) is 7.50. The summed E-state index contributed by atoms with van der Waals surface area (Å²) in [5.41, 5.74) is 10.6. The first kappa shape index (κ1) is 18.9. The number of Topliss-reactive ketones (excluding diaryl/α,β-unsaturated/α-hetero) is 1. The van der Waals surface area contributed by atoms with Crippen LogP contribution in [-0.2, 0) is 6.42 Å². The summed E-state index contributed by atoms with van der Waals surface area (Å²) >= 11 is 0. The van der Waals surface area contributed by atoms with E-state index in [1.807, 2.05) is 30.3 Å². The number of ether oxygens (including phenoxy) is 2. The summed E-state index contributed by atoms with van der Waals surface area (Å²) in [6.45, 7) is 1.80. The van der Waals surface area contributed by atoms with Crippen LogP contribution in [0.15, 0.2) is 36.5 Å². The molecule has 1 aromatic carbocycles. The Morgan fingerprint density at radius 1 is 1.07 bits per heavy atom. The standard InChI is InChI=1S/C22H22N4O3/c1-12-20-18(26-22(23)25-12)9-13(10-19(20)27)17-11-14(28-2)6-7-15(17)16-5-4-8-24-21(16)29-3/h4-8,11,13H,9-10H2,1-3H3,(H2,23,25,26). The van der Waals surface area contributed by atoms with Crippen LogP contribution in [0.4, 0.5) is 5.95 Å². The Labute approximate surface area is 168 Å². The highest BCUT2D eigenvalue weighted by Gasteiger charge is 2.31. The lowest BCUT2D eigenvalue weighted by atomic mass is 9.78. The van der Waals surface area contributed by atoms with Crippen molar-refractivity contribution in [1.82, 2.24) is 15.0 Å². The van der Waals surface area contributed by atoms with Crippen molar-refractivity contribution >= 4 is 11.7 Å². The highest BCUT2D eigenvalue weighted by atomic mass is 16.5. The molecule has 1 aliphatic carbocycles. The molecule has 148 valence electrons. The number of fused-ring (bicyclic) bond motifs is 1. The maximum atomic E-state index is 12.9. The monoisotopic (exact) mass is 390 g/mol. The molecule has 1 aliphatic rings. The fourth-order valence-electron chi connectivity index (χ4n) is 4.03. The van der Waals surface area contributed by atoms with Crippen molar-refractivity contribution in [3.8, 4) is 22.8 Å². The van der Waals surface area contributed by atoms with Crippen LogP contribution in [0.2, 0.25) is 0 Å². The van der Waals surface area contributed by atoms with E-state index in [0.717, 1.165) is 22.4 Å². The quantitative estimate of drug-likeness (QED) is 0.729. The maximum Gasteiger partial charge on any atom is 0.221 e. The van der Waals surface area contributed by atoms with E-state index in [-0.39, 0.29) is 17.6 Å². The molecule has 4 rings (SSSR count). The van der Waals surface area contributed by atoms with Crippen LogP contribution in [0.25, 0.3) is 11.1 Å². The molecule has 0 saturated carbocycles. The fourth-order valence-corrected chi connectivity index (χ4v) is 4.03. The number of hydrogen-bond acceptors (Lipinski definition) is 7. The lowest BCUT2D eigenvalue weighted by molar-refractivity contribution is 0.0962. The number of nitrogens with zero attached hydrogens (tertiary/aromatic N) is 3. The summed E-state index contributed by atoms with van der Waals surface area (Å²) < 4.78 is 10.9. The third-order valence-electron chi connectivity index (χ3n) is 5.29. The van der Waals surface area contributed by atoms with Gasteiger partial charge in [-0.15, -0.1) is 0 Å². The van der Waals surface area contributed by atoms with Gasteiger partial charge in [0.2, 0.25) is 11.8 Å². The van der Waals surface area contributed by atoms with Crippen molar-refractivity contribution in [2.24, 2.45) is 0 Å². The molecule has 0 spiro atoms. The first-order chi connectivity index (χ1) is 14.0. The zero-order chi connectivity index (χ0) is 20.5. The van der Waals surface area contributed by atoms with Gasteiger partial charge in [0.25, 0.3) is 0 Å². The Kier molecular flexibility index (Phi) is 4.88. The third-order valence-corrected chi connectivity index (χ3v) is 5.29. The van der Waals surface area contributed by atoms with Gasteiger partial charge >= 0.3 is 0 Å². The zero-order valence-corrected chi connectivity index (χ0v) is 16.6. The average Bonchev–Trinajstić information content (AvgIpc) is 2.72. The molecule has 1 unspecified atom stereocenters. The van der Waals surface area contributed by atoms with Crippen LogP contribution >= 0.6 is 0 Å². The molecular formula is C22H22N4O3. The van der Waals surface area contributed by atoms with Crippen LogP contribution in [0, 0.1) is 6.92 Å². The first-order valence-electron chi connectivity index (χ1n) is 9.35. The second-order valence-electron chi connectivity index (χ2n) is 7.03. The summed E-state index contributed by atoms with van der Waals surface area (Å²) in [6, 6.07) is 9.67. The van der Waals surface area contributed by atoms with E-state index in [0.29, 0.717) is 35.7 Å². The molecule has 0 bridgehead atoms. The molecule has 0 amide bonds.